The molecule has 2 rings (SSSR count). The first-order valence-corrected chi connectivity index (χ1v) is 7.01. The van der Waals surface area contributed by atoms with Crippen molar-refractivity contribution in [3.8, 4) is 0 Å². The molecule has 19 heavy (non-hydrogen) atoms. The molecule has 0 radical (unpaired) electrons. The van der Waals surface area contributed by atoms with Gasteiger partial charge in [-0.3, -0.25) is 4.79 Å². The van der Waals surface area contributed by atoms with Crippen molar-refractivity contribution in [2.45, 2.75) is 56.7 Å². The Kier molecular flexibility index (Phi) is 4.76. The Bertz CT molecular complexity index is 342. The summed E-state index contributed by atoms with van der Waals surface area (Å²) in [6.07, 6.45) is 3.99. The first-order chi connectivity index (χ1) is 9.08. The number of nitrogens with one attached hydrogen (secondary N) is 1. The highest BCUT2D eigenvalue weighted by molar-refractivity contribution is 5.84. The van der Waals surface area contributed by atoms with Gasteiger partial charge in [-0.25, -0.2) is 4.79 Å². The van der Waals surface area contributed by atoms with Crippen LogP contribution in [0.5, 0.6) is 0 Å². The maximum atomic E-state index is 12.1. The third kappa shape index (κ3) is 3.67. The van der Waals surface area contributed by atoms with Crippen LogP contribution in [-0.4, -0.2) is 58.3 Å². The Morgan fingerprint density at radius 3 is 2.74 bits per heavy atom. The smallest absolute Gasteiger partial charge is 0.326 e. The number of amides is 1. The minimum absolute atomic E-state index is 0.142. The van der Waals surface area contributed by atoms with E-state index in [-0.39, 0.29) is 18.9 Å². The largest absolute Gasteiger partial charge is 0.480 e. The van der Waals surface area contributed by atoms with E-state index in [1.54, 1.807) is 0 Å². The number of piperidine rings is 1. The van der Waals surface area contributed by atoms with E-state index in [1.807, 2.05) is 0 Å². The second-order valence-electron chi connectivity index (χ2n) is 5.48. The van der Waals surface area contributed by atoms with Crippen molar-refractivity contribution in [3.63, 3.8) is 0 Å². The molecule has 3 N–H and O–H groups in total. The van der Waals surface area contributed by atoms with Gasteiger partial charge in [-0.15, -0.1) is 0 Å². The summed E-state index contributed by atoms with van der Waals surface area (Å²) in [4.78, 5) is 24.4. The van der Waals surface area contributed by atoms with Gasteiger partial charge in [-0.2, -0.15) is 0 Å². The minimum Gasteiger partial charge on any atom is -0.480 e. The summed E-state index contributed by atoms with van der Waals surface area (Å²) in [5, 5.41) is 21.9. The molecule has 0 aromatic heterocycles. The summed E-state index contributed by atoms with van der Waals surface area (Å²) < 4.78 is 0. The van der Waals surface area contributed by atoms with E-state index in [1.165, 1.54) is 17.7 Å². The van der Waals surface area contributed by atoms with Crippen LogP contribution < -0.4 is 5.32 Å². The lowest BCUT2D eigenvalue weighted by Crippen LogP contribution is -2.41. The monoisotopic (exact) mass is 270 g/mol. The SMILES string of the molecule is O=C(O)[C@H]1C[C@@H](O)CN1C(=O)CCC1CCCCN1. The maximum absolute atomic E-state index is 12.1. The molecule has 2 heterocycles. The Morgan fingerprint density at radius 1 is 1.32 bits per heavy atom. The van der Waals surface area contributed by atoms with Gasteiger partial charge < -0.3 is 20.4 Å². The van der Waals surface area contributed by atoms with E-state index in [0.717, 1.165) is 19.4 Å². The molecule has 0 aromatic rings. The predicted molar refractivity (Wildman–Crippen MR) is 68.6 cm³/mol. The number of aliphatic hydroxyl groups excluding tert-OH is 1. The molecular weight excluding hydrogens is 248 g/mol. The Hall–Kier alpha value is -1.14. The van der Waals surface area contributed by atoms with Crippen LogP contribution in [0, 0.1) is 0 Å². The van der Waals surface area contributed by atoms with Crippen LogP contribution in [0.25, 0.3) is 0 Å². The van der Waals surface area contributed by atoms with Crippen molar-refractivity contribution in [3.05, 3.63) is 0 Å². The molecule has 2 fully saturated rings. The van der Waals surface area contributed by atoms with Crippen molar-refractivity contribution in [1.29, 1.82) is 0 Å². The number of carboxylic acids is 1. The third-order valence-electron chi connectivity index (χ3n) is 4.00. The normalized spacial score (nSPS) is 31.4. The fourth-order valence-corrected chi connectivity index (χ4v) is 2.94. The minimum atomic E-state index is -1.03. The van der Waals surface area contributed by atoms with Crippen molar-refractivity contribution in [1.82, 2.24) is 10.2 Å². The zero-order valence-corrected chi connectivity index (χ0v) is 11.0. The van der Waals surface area contributed by atoms with Gasteiger partial charge in [0.2, 0.25) is 5.91 Å². The fraction of sp³-hybridized carbons (Fsp3) is 0.846. The zero-order valence-electron chi connectivity index (χ0n) is 11.0. The van der Waals surface area contributed by atoms with Crippen LogP contribution in [0.4, 0.5) is 0 Å². The van der Waals surface area contributed by atoms with E-state index in [4.69, 9.17) is 5.11 Å². The summed E-state index contributed by atoms with van der Waals surface area (Å²) >= 11 is 0. The molecule has 2 aliphatic rings. The highest BCUT2D eigenvalue weighted by atomic mass is 16.4. The van der Waals surface area contributed by atoms with Gasteiger partial charge in [-0.1, -0.05) is 6.42 Å². The van der Waals surface area contributed by atoms with E-state index >= 15 is 0 Å². The average molecular weight is 270 g/mol. The molecule has 0 spiro atoms. The summed E-state index contributed by atoms with van der Waals surface area (Å²) in [6.45, 7) is 1.15. The summed E-state index contributed by atoms with van der Waals surface area (Å²) in [6, 6.07) is -0.490. The number of carboxylic acid groups (broad SMARTS) is 1. The Labute approximate surface area is 112 Å². The maximum Gasteiger partial charge on any atom is 0.326 e. The van der Waals surface area contributed by atoms with Crippen molar-refractivity contribution in [2.24, 2.45) is 0 Å². The quantitative estimate of drug-likeness (QED) is 0.666. The lowest BCUT2D eigenvalue weighted by atomic mass is 10.0. The molecular formula is C13H22N2O4. The number of aliphatic hydroxyl groups is 1. The summed E-state index contributed by atoms with van der Waals surface area (Å²) in [7, 11) is 0. The van der Waals surface area contributed by atoms with Crippen molar-refractivity contribution < 1.29 is 19.8 Å². The van der Waals surface area contributed by atoms with E-state index in [0.29, 0.717) is 12.5 Å². The summed E-state index contributed by atoms with van der Waals surface area (Å²) in [5.74, 6) is -1.18. The molecule has 0 saturated carbocycles. The second kappa shape index (κ2) is 6.34. The Balaban J connectivity index is 1.82. The number of hydrogen-bond acceptors (Lipinski definition) is 4. The van der Waals surface area contributed by atoms with Crippen LogP contribution in [0.3, 0.4) is 0 Å². The van der Waals surface area contributed by atoms with Crippen LogP contribution in [-0.2, 0) is 9.59 Å². The molecule has 3 atom stereocenters. The molecule has 2 saturated heterocycles. The third-order valence-corrected chi connectivity index (χ3v) is 4.00. The van der Waals surface area contributed by atoms with Gasteiger partial charge in [0.1, 0.15) is 6.04 Å². The molecule has 108 valence electrons. The number of carbonyl (C=O) groups excluding carboxylic acids is 1. The lowest BCUT2D eigenvalue weighted by Gasteiger charge is -2.25. The van der Waals surface area contributed by atoms with Crippen LogP contribution >= 0.6 is 0 Å². The van der Waals surface area contributed by atoms with E-state index < -0.39 is 18.1 Å². The second-order valence-corrected chi connectivity index (χ2v) is 5.48. The predicted octanol–water partition coefficient (Wildman–Crippen LogP) is -0.0449. The number of β-amino-alcohol motifs (C(OH)–C–C–N with tert-alkyl or cyclic N) is 1. The molecule has 6 heteroatoms. The van der Waals surface area contributed by atoms with Crippen LogP contribution in [0.2, 0.25) is 0 Å². The molecule has 1 unspecified atom stereocenters. The molecule has 6 nitrogen and oxygen atoms in total. The van der Waals surface area contributed by atoms with Crippen LogP contribution in [0.1, 0.15) is 38.5 Å². The zero-order chi connectivity index (χ0) is 13.8. The van der Waals surface area contributed by atoms with Gasteiger partial charge >= 0.3 is 5.97 Å². The number of aliphatic carboxylic acids is 1. The number of carbonyl (C=O) groups is 2. The molecule has 0 aliphatic carbocycles. The fourth-order valence-electron chi connectivity index (χ4n) is 2.94. The first kappa shape index (κ1) is 14.3. The van der Waals surface area contributed by atoms with Crippen molar-refractivity contribution in [2.75, 3.05) is 13.1 Å². The number of likely N-dealkylation sites (tertiary alicyclic amines) is 1. The molecule has 0 bridgehead atoms. The van der Waals surface area contributed by atoms with Gasteiger partial charge in [0, 0.05) is 25.4 Å². The Morgan fingerprint density at radius 2 is 2.11 bits per heavy atom. The summed E-state index contributed by atoms with van der Waals surface area (Å²) in [5.41, 5.74) is 0. The van der Waals surface area contributed by atoms with Crippen LogP contribution in [0.15, 0.2) is 0 Å². The number of nitrogens with zero attached hydrogens (tertiary/aromatic N) is 1. The van der Waals surface area contributed by atoms with Gasteiger partial charge in [0.05, 0.1) is 6.10 Å². The van der Waals surface area contributed by atoms with Gasteiger partial charge in [0.15, 0.2) is 0 Å². The molecule has 0 aromatic carbocycles. The average Bonchev–Trinajstić information content (AvgIpc) is 2.79. The van der Waals surface area contributed by atoms with E-state index in [9.17, 15) is 14.7 Å². The first-order valence-electron chi connectivity index (χ1n) is 7.01. The molecule has 1 amide bonds. The topological polar surface area (TPSA) is 89.9 Å². The van der Waals surface area contributed by atoms with E-state index in [2.05, 4.69) is 5.32 Å². The number of rotatable bonds is 4. The van der Waals surface area contributed by atoms with Crippen molar-refractivity contribution >= 4 is 11.9 Å². The van der Waals surface area contributed by atoms with Gasteiger partial charge in [0.25, 0.3) is 0 Å². The lowest BCUT2D eigenvalue weighted by molar-refractivity contribution is -0.148. The number of hydrogen-bond donors (Lipinski definition) is 3. The standard InChI is InChI=1S/C13H22N2O4/c16-10-7-11(13(18)19)15(8-10)12(17)5-4-9-3-1-2-6-14-9/h9-11,14,16H,1-8H2,(H,18,19)/t9?,10-,11-/m1/s1. The molecule has 2 aliphatic heterocycles. The highest BCUT2D eigenvalue weighted by Crippen LogP contribution is 2.20. The highest BCUT2D eigenvalue weighted by Gasteiger charge is 2.38. The van der Waals surface area contributed by atoms with Gasteiger partial charge in [-0.05, 0) is 25.8 Å².